The van der Waals surface area contributed by atoms with Gasteiger partial charge in [-0.15, -0.1) is 0 Å². The van der Waals surface area contributed by atoms with Gasteiger partial charge in [0, 0.05) is 18.3 Å². The summed E-state index contributed by atoms with van der Waals surface area (Å²) in [7, 11) is 0. The molecule has 1 aromatic carbocycles. The van der Waals surface area contributed by atoms with Gasteiger partial charge < -0.3 is 9.47 Å². The van der Waals surface area contributed by atoms with Gasteiger partial charge in [-0.3, -0.25) is 9.48 Å². The summed E-state index contributed by atoms with van der Waals surface area (Å²) < 4.78 is 12.9. The van der Waals surface area contributed by atoms with E-state index in [1.807, 2.05) is 22.9 Å². The molecule has 0 amide bonds. The monoisotopic (exact) mass is 286 g/mol. The minimum Gasteiger partial charge on any atom is -0.486 e. The molecule has 1 aliphatic heterocycles. The van der Waals surface area contributed by atoms with Crippen LogP contribution in [0.3, 0.4) is 0 Å². The van der Waals surface area contributed by atoms with Crippen LogP contribution in [-0.4, -0.2) is 29.3 Å². The Morgan fingerprint density at radius 1 is 1.29 bits per heavy atom. The Kier molecular flexibility index (Phi) is 3.64. The second kappa shape index (κ2) is 5.60. The van der Waals surface area contributed by atoms with Gasteiger partial charge in [-0.05, 0) is 24.1 Å². The molecule has 0 aliphatic carbocycles. The van der Waals surface area contributed by atoms with Crippen molar-refractivity contribution in [2.24, 2.45) is 5.92 Å². The summed E-state index contributed by atoms with van der Waals surface area (Å²) in [4.78, 5) is 11.3. The molecule has 1 aromatic heterocycles. The molecule has 3 rings (SSSR count). The second-order valence-corrected chi connectivity index (χ2v) is 5.53. The normalized spacial score (nSPS) is 13.5. The molecule has 5 heteroatoms. The molecule has 0 fully saturated rings. The number of rotatable bonds is 4. The Hall–Kier alpha value is -2.30. The van der Waals surface area contributed by atoms with Crippen molar-refractivity contribution in [1.29, 1.82) is 0 Å². The van der Waals surface area contributed by atoms with Gasteiger partial charge in [0.15, 0.2) is 17.8 Å². The minimum absolute atomic E-state index is 0.470. The molecule has 0 saturated carbocycles. The van der Waals surface area contributed by atoms with Gasteiger partial charge in [-0.1, -0.05) is 13.8 Å². The van der Waals surface area contributed by atoms with Gasteiger partial charge in [-0.2, -0.15) is 5.10 Å². The van der Waals surface area contributed by atoms with Crippen LogP contribution >= 0.6 is 0 Å². The van der Waals surface area contributed by atoms with Crippen LogP contribution < -0.4 is 9.47 Å². The van der Waals surface area contributed by atoms with E-state index in [1.165, 1.54) is 0 Å². The maximum absolute atomic E-state index is 11.3. The highest BCUT2D eigenvalue weighted by Crippen LogP contribution is 2.34. The maximum atomic E-state index is 11.3. The van der Waals surface area contributed by atoms with Crippen molar-refractivity contribution in [2.45, 2.75) is 20.4 Å². The average molecular weight is 286 g/mol. The molecule has 110 valence electrons. The summed E-state index contributed by atoms with van der Waals surface area (Å²) >= 11 is 0. The quantitative estimate of drug-likeness (QED) is 0.811. The molecule has 2 heterocycles. The zero-order valence-electron chi connectivity index (χ0n) is 12.2. The van der Waals surface area contributed by atoms with E-state index in [9.17, 15) is 4.79 Å². The fraction of sp³-hybridized carbons (Fsp3) is 0.375. The molecule has 0 N–H and O–H groups in total. The van der Waals surface area contributed by atoms with Crippen molar-refractivity contribution in [3.63, 3.8) is 0 Å². The molecule has 0 saturated heterocycles. The fourth-order valence-electron chi connectivity index (χ4n) is 2.41. The summed E-state index contributed by atoms with van der Waals surface area (Å²) in [6, 6.07) is 5.64. The van der Waals surface area contributed by atoms with E-state index in [1.54, 1.807) is 6.20 Å². The van der Waals surface area contributed by atoms with E-state index < -0.39 is 0 Å². The molecule has 0 atom stereocenters. The van der Waals surface area contributed by atoms with Crippen molar-refractivity contribution in [3.8, 4) is 22.8 Å². The Morgan fingerprint density at radius 2 is 2.05 bits per heavy atom. The molecular formula is C16H18N2O3. The molecular weight excluding hydrogens is 268 g/mol. The van der Waals surface area contributed by atoms with Gasteiger partial charge in [-0.25, -0.2) is 0 Å². The summed E-state index contributed by atoms with van der Waals surface area (Å²) in [5, 5.41) is 4.53. The van der Waals surface area contributed by atoms with E-state index in [0.717, 1.165) is 24.1 Å². The zero-order valence-corrected chi connectivity index (χ0v) is 12.2. The average Bonchev–Trinajstić information content (AvgIpc) is 2.89. The Bertz CT molecular complexity index is 662. The first kappa shape index (κ1) is 13.7. The topological polar surface area (TPSA) is 53.4 Å². The number of ether oxygens (including phenoxy) is 2. The first-order valence-electron chi connectivity index (χ1n) is 7.10. The van der Waals surface area contributed by atoms with Crippen molar-refractivity contribution in [2.75, 3.05) is 13.2 Å². The standard InChI is InChI=1S/C16H18N2O3/c1-11(2)8-18-9-13(10-19)16(17-18)12-3-4-14-15(7-12)21-6-5-20-14/h3-4,7,9-11H,5-6,8H2,1-2H3. The van der Waals surface area contributed by atoms with Crippen LogP contribution in [-0.2, 0) is 6.54 Å². The van der Waals surface area contributed by atoms with E-state index in [4.69, 9.17) is 9.47 Å². The number of hydrogen-bond acceptors (Lipinski definition) is 4. The molecule has 2 aromatic rings. The predicted molar refractivity (Wildman–Crippen MR) is 78.9 cm³/mol. The number of aldehydes is 1. The molecule has 0 unspecified atom stereocenters. The number of benzene rings is 1. The van der Waals surface area contributed by atoms with E-state index in [-0.39, 0.29) is 0 Å². The summed E-state index contributed by atoms with van der Waals surface area (Å²) in [6.07, 6.45) is 2.63. The van der Waals surface area contributed by atoms with Gasteiger partial charge in [0.1, 0.15) is 18.9 Å². The lowest BCUT2D eigenvalue weighted by molar-refractivity contribution is 0.112. The second-order valence-electron chi connectivity index (χ2n) is 5.53. The van der Waals surface area contributed by atoms with E-state index >= 15 is 0 Å². The lowest BCUT2D eigenvalue weighted by Gasteiger charge is -2.18. The highest BCUT2D eigenvalue weighted by Gasteiger charge is 2.16. The van der Waals surface area contributed by atoms with Crippen LogP contribution in [0.25, 0.3) is 11.3 Å². The van der Waals surface area contributed by atoms with Gasteiger partial charge in [0.2, 0.25) is 0 Å². The highest BCUT2D eigenvalue weighted by molar-refractivity contribution is 5.85. The summed E-state index contributed by atoms with van der Waals surface area (Å²) in [6.45, 7) is 6.12. The molecule has 5 nitrogen and oxygen atoms in total. The molecule has 1 aliphatic rings. The molecule has 0 bridgehead atoms. The third kappa shape index (κ3) is 2.77. The number of carbonyl (C=O) groups excluding carboxylic acids is 1. The Morgan fingerprint density at radius 3 is 2.76 bits per heavy atom. The largest absolute Gasteiger partial charge is 0.486 e. The van der Waals surface area contributed by atoms with E-state index in [0.29, 0.717) is 36.1 Å². The fourth-order valence-corrected chi connectivity index (χ4v) is 2.41. The van der Waals surface area contributed by atoms with Gasteiger partial charge in [0.25, 0.3) is 0 Å². The van der Waals surface area contributed by atoms with Crippen LogP contribution in [0.4, 0.5) is 0 Å². The lowest BCUT2D eigenvalue weighted by Crippen LogP contribution is -2.15. The molecule has 0 spiro atoms. The lowest BCUT2D eigenvalue weighted by atomic mass is 10.1. The van der Waals surface area contributed by atoms with Crippen LogP contribution in [0.5, 0.6) is 11.5 Å². The van der Waals surface area contributed by atoms with Crippen LogP contribution in [0.1, 0.15) is 24.2 Å². The predicted octanol–water partition coefficient (Wildman–Crippen LogP) is 2.79. The number of fused-ring (bicyclic) bond motifs is 1. The van der Waals surface area contributed by atoms with Crippen molar-refractivity contribution >= 4 is 6.29 Å². The zero-order chi connectivity index (χ0) is 14.8. The van der Waals surface area contributed by atoms with Crippen molar-refractivity contribution in [1.82, 2.24) is 9.78 Å². The maximum Gasteiger partial charge on any atom is 0.162 e. The number of carbonyl (C=O) groups is 1. The first-order chi connectivity index (χ1) is 10.2. The third-order valence-corrected chi connectivity index (χ3v) is 3.28. The van der Waals surface area contributed by atoms with Crippen LogP contribution in [0, 0.1) is 5.92 Å². The number of hydrogen-bond donors (Lipinski definition) is 0. The van der Waals surface area contributed by atoms with Crippen molar-refractivity contribution < 1.29 is 14.3 Å². The number of nitrogens with zero attached hydrogens (tertiary/aromatic N) is 2. The Balaban J connectivity index is 1.99. The van der Waals surface area contributed by atoms with Crippen molar-refractivity contribution in [3.05, 3.63) is 30.0 Å². The third-order valence-electron chi connectivity index (χ3n) is 3.28. The highest BCUT2D eigenvalue weighted by atomic mass is 16.6. The van der Waals surface area contributed by atoms with E-state index in [2.05, 4.69) is 18.9 Å². The van der Waals surface area contributed by atoms with Crippen LogP contribution in [0.2, 0.25) is 0 Å². The number of aromatic nitrogens is 2. The summed E-state index contributed by atoms with van der Waals surface area (Å²) in [5.74, 6) is 1.91. The summed E-state index contributed by atoms with van der Waals surface area (Å²) in [5.41, 5.74) is 2.14. The molecule has 0 radical (unpaired) electrons. The van der Waals surface area contributed by atoms with Gasteiger partial charge in [0.05, 0.1) is 5.56 Å². The van der Waals surface area contributed by atoms with Gasteiger partial charge >= 0.3 is 0 Å². The first-order valence-corrected chi connectivity index (χ1v) is 7.10. The smallest absolute Gasteiger partial charge is 0.162 e. The SMILES string of the molecule is CC(C)Cn1cc(C=O)c(-c2ccc3c(c2)OCCO3)n1. The Labute approximate surface area is 123 Å². The molecule has 21 heavy (non-hydrogen) atoms. The minimum atomic E-state index is 0.470. The van der Waals surface area contributed by atoms with Crippen LogP contribution in [0.15, 0.2) is 24.4 Å².